The Labute approximate surface area is 104 Å². The van der Waals surface area contributed by atoms with Crippen molar-refractivity contribution in [3.8, 4) is 0 Å². The zero-order valence-electron chi connectivity index (χ0n) is 10.0. The molecule has 96 valence electrons. The fraction of sp³-hybridized carbons (Fsp3) is 0.333. The zero-order valence-corrected chi connectivity index (χ0v) is 10.0. The van der Waals surface area contributed by atoms with E-state index in [1.807, 2.05) is 6.92 Å². The molecular weight excluding hydrogens is 234 g/mol. The Bertz CT molecular complexity index is 499. The maximum atomic E-state index is 11.8. The van der Waals surface area contributed by atoms with Crippen molar-refractivity contribution in [2.75, 3.05) is 23.3 Å². The predicted octanol–water partition coefficient (Wildman–Crippen LogP) is 0.491. The molecule has 0 fully saturated rings. The van der Waals surface area contributed by atoms with Gasteiger partial charge in [0.2, 0.25) is 5.91 Å². The topological polar surface area (TPSA) is 95.7 Å². The van der Waals surface area contributed by atoms with E-state index in [-0.39, 0.29) is 24.1 Å². The lowest BCUT2D eigenvalue weighted by atomic mass is 10.1. The van der Waals surface area contributed by atoms with Crippen molar-refractivity contribution in [1.29, 1.82) is 0 Å². The zero-order chi connectivity index (χ0) is 13.3. The predicted molar refractivity (Wildman–Crippen MR) is 67.9 cm³/mol. The summed E-state index contributed by atoms with van der Waals surface area (Å²) in [5.41, 5.74) is 7.23. The molecule has 6 nitrogen and oxygen atoms in total. The van der Waals surface area contributed by atoms with E-state index >= 15 is 0 Å². The summed E-state index contributed by atoms with van der Waals surface area (Å²) in [4.78, 5) is 24.3. The fourth-order valence-electron chi connectivity index (χ4n) is 1.93. The molecule has 0 spiro atoms. The molecule has 0 radical (unpaired) electrons. The standard InChI is InChI=1S/C12H15N3O3/c1-7(13)6-15-10-3-2-8(12(17)18)4-9(10)14-5-11(15)16/h2-4,7,14H,5-6,13H2,1H3,(H,17,18). The number of nitrogens with zero attached hydrogens (tertiary/aromatic N) is 1. The van der Waals surface area contributed by atoms with Crippen LogP contribution in [0.15, 0.2) is 18.2 Å². The van der Waals surface area contributed by atoms with Gasteiger partial charge < -0.3 is 21.1 Å². The van der Waals surface area contributed by atoms with E-state index in [9.17, 15) is 9.59 Å². The van der Waals surface area contributed by atoms with Crippen molar-refractivity contribution in [2.24, 2.45) is 5.73 Å². The van der Waals surface area contributed by atoms with E-state index in [2.05, 4.69) is 5.32 Å². The van der Waals surface area contributed by atoms with Crippen LogP contribution < -0.4 is 16.0 Å². The Balaban J connectivity index is 2.38. The number of fused-ring (bicyclic) bond motifs is 1. The molecule has 0 saturated carbocycles. The van der Waals surface area contributed by atoms with Gasteiger partial charge in [-0.3, -0.25) is 4.79 Å². The number of amides is 1. The van der Waals surface area contributed by atoms with Crippen LogP contribution >= 0.6 is 0 Å². The summed E-state index contributed by atoms with van der Waals surface area (Å²) < 4.78 is 0. The third-order valence-corrected chi connectivity index (χ3v) is 2.74. The van der Waals surface area contributed by atoms with Crippen molar-refractivity contribution >= 4 is 23.3 Å². The Kier molecular flexibility index (Phi) is 3.20. The quantitative estimate of drug-likeness (QED) is 0.724. The molecule has 2 rings (SSSR count). The normalized spacial score (nSPS) is 15.9. The van der Waals surface area contributed by atoms with Gasteiger partial charge in [0, 0.05) is 12.6 Å². The number of hydrogen-bond acceptors (Lipinski definition) is 4. The highest BCUT2D eigenvalue weighted by Crippen LogP contribution is 2.30. The highest BCUT2D eigenvalue weighted by Gasteiger charge is 2.25. The van der Waals surface area contributed by atoms with Gasteiger partial charge in [-0.1, -0.05) is 0 Å². The highest BCUT2D eigenvalue weighted by molar-refractivity contribution is 6.04. The first-order valence-electron chi connectivity index (χ1n) is 5.66. The fourth-order valence-corrected chi connectivity index (χ4v) is 1.93. The van der Waals surface area contributed by atoms with Crippen LogP contribution in [-0.2, 0) is 4.79 Å². The van der Waals surface area contributed by atoms with Gasteiger partial charge in [0.05, 0.1) is 23.5 Å². The number of nitrogens with one attached hydrogen (secondary N) is 1. The molecule has 1 aromatic rings. The maximum Gasteiger partial charge on any atom is 0.335 e. The van der Waals surface area contributed by atoms with Crippen molar-refractivity contribution < 1.29 is 14.7 Å². The summed E-state index contributed by atoms with van der Waals surface area (Å²) >= 11 is 0. The van der Waals surface area contributed by atoms with Crippen LogP contribution in [0.1, 0.15) is 17.3 Å². The lowest BCUT2D eigenvalue weighted by Gasteiger charge is -2.31. The van der Waals surface area contributed by atoms with Crippen LogP contribution in [-0.4, -0.2) is 36.1 Å². The third kappa shape index (κ3) is 2.28. The van der Waals surface area contributed by atoms with Crippen LogP contribution in [0.4, 0.5) is 11.4 Å². The Hall–Kier alpha value is -2.08. The lowest BCUT2D eigenvalue weighted by molar-refractivity contribution is -0.117. The smallest absolute Gasteiger partial charge is 0.335 e. The number of rotatable bonds is 3. The second kappa shape index (κ2) is 4.66. The molecule has 1 aliphatic heterocycles. The average molecular weight is 249 g/mol. The summed E-state index contributed by atoms with van der Waals surface area (Å²) in [6.07, 6.45) is 0. The van der Waals surface area contributed by atoms with E-state index in [4.69, 9.17) is 10.8 Å². The van der Waals surface area contributed by atoms with E-state index < -0.39 is 5.97 Å². The average Bonchev–Trinajstić information content (AvgIpc) is 2.31. The van der Waals surface area contributed by atoms with Gasteiger partial charge in [0.15, 0.2) is 0 Å². The summed E-state index contributed by atoms with van der Waals surface area (Å²) in [7, 11) is 0. The minimum Gasteiger partial charge on any atom is -0.478 e. The molecule has 0 bridgehead atoms. The molecule has 4 N–H and O–H groups in total. The molecule has 1 aromatic carbocycles. The third-order valence-electron chi connectivity index (χ3n) is 2.74. The van der Waals surface area contributed by atoms with E-state index in [0.717, 1.165) is 0 Å². The largest absolute Gasteiger partial charge is 0.478 e. The minimum absolute atomic E-state index is 0.0668. The summed E-state index contributed by atoms with van der Waals surface area (Å²) in [5.74, 6) is -1.06. The molecule has 6 heteroatoms. The van der Waals surface area contributed by atoms with Gasteiger partial charge >= 0.3 is 5.97 Å². The molecular formula is C12H15N3O3. The molecule has 0 aliphatic carbocycles. The number of hydrogen-bond donors (Lipinski definition) is 3. The minimum atomic E-state index is -0.991. The first-order valence-corrected chi connectivity index (χ1v) is 5.66. The van der Waals surface area contributed by atoms with Crippen LogP contribution in [0.2, 0.25) is 0 Å². The summed E-state index contributed by atoms with van der Waals surface area (Å²) in [6.45, 7) is 2.39. The monoisotopic (exact) mass is 249 g/mol. The van der Waals surface area contributed by atoms with Gasteiger partial charge in [-0.25, -0.2) is 4.79 Å². The second-order valence-corrected chi connectivity index (χ2v) is 4.37. The Morgan fingerprint density at radius 3 is 2.94 bits per heavy atom. The first kappa shape index (κ1) is 12.4. The van der Waals surface area contributed by atoms with Crippen molar-refractivity contribution in [3.05, 3.63) is 23.8 Å². The van der Waals surface area contributed by atoms with Gasteiger partial charge in [0.1, 0.15) is 0 Å². The van der Waals surface area contributed by atoms with Gasteiger partial charge in [-0.05, 0) is 25.1 Å². The number of carbonyl (C=O) groups excluding carboxylic acids is 1. The second-order valence-electron chi connectivity index (χ2n) is 4.37. The molecule has 0 saturated heterocycles. The van der Waals surface area contributed by atoms with E-state index in [1.165, 1.54) is 12.1 Å². The molecule has 0 aromatic heterocycles. The van der Waals surface area contributed by atoms with Crippen LogP contribution in [0.25, 0.3) is 0 Å². The number of nitrogens with two attached hydrogens (primary N) is 1. The van der Waals surface area contributed by atoms with Crippen molar-refractivity contribution in [2.45, 2.75) is 13.0 Å². The number of aromatic carboxylic acids is 1. The number of carboxylic acid groups (broad SMARTS) is 1. The number of benzene rings is 1. The summed E-state index contributed by atoms with van der Waals surface area (Å²) in [5, 5.41) is 11.8. The van der Waals surface area contributed by atoms with Gasteiger partial charge in [-0.15, -0.1) is 0 Å². The van der Waals surface area contributed by atoms with Crippen LogP contribution in [0.3, 0.4) is 0 Å². The maximum absolute atomic E-state index is 11.8. The SMILES string of the molecule is CC(N)CN1C(=O)CNc2cc(C(=O)O)ccc21. The van der Waals surface area contributed by atoms with Gasteiger partial charge in [-0.2, -0.15) is 0 Å². The van der Waals surface area contributed by atoms with E-state index in [0.29, 0.717) is 17.9 Å². The highest BCUT2D eigenvalue weighted by atomic mass is 16.4. The van der Waals surface area contributed by atoms with Gasteiger partial charge in [0.25, 0.3) is 0 Å². The van der Waals surface area contributed by atoms with Crippen molar-refractivity contribution in [3.63, 3.8) is 0 Å². The van der Waals surface area contributed by atoms with Crippen molar-refractivity contribution in [1.82, 2.24) is 0 Å². The summed E-state index contributed by atoms with van der Waals surface area (Å²) in [6, 6.07) is 4.50. The Morgan fingerprint density at radius 1 is 1.61 bits per heavy atom. The van der Waals surface area contributed by atoms with E-state index in [1.54, 1.807) is 11.0 Å². The van der Waals surface area contributed by atoms with Crippen LogP contribution in [0.5, 0.6) is 0 Å². The number of anilines is 2. The molecule has 18 heavy (non-hydrogen) atoms. The molecule has 1 unspecified atom stereocenters. The number of carboxylic acids is 1. The molecule has 1 heterocycles. The lowest BCUT2D eigenvalue weighted by Crippen LogP contribution is -2.45. The first-order chi connectivity index (χ1) is 8.49. The Morgan fingerprint density at radius 2 is 2.33 bits per heavy atom. The number of carbonyl (C=O) groups is 2. The van der Waals surface area contributed by atoms with Crippen LogP contribution in [0, 0.1) is 0 Å². The molecule has 1 aliphatic rings. The molecule has 1 amide bonds. The molecule has 1 atom stereocenters.